The van der Waals surface area contributed by atoms with Gasteiger partial charge in [-0.1, -0.05) is 0 Å². The third kappa shape index (κ3) is 8.78. The van der Waals surface area contributed by atoms with Gasteiger partial charge >= 0.3 is 13.6 Å². The fraction of sp³-hybridized carbons (Fsp3) is 0.857. The van der Waals surface area contributed by atoms with Crippen LogP contribution in [0.4, 0.5) is 0 Å². The molecule has 0 saturated carbocycles. The summed E-state index contributed by atoms with van der Waals surface area (Å²) in [7, 11) is -4.33. The van der Waals surface area contributed by atoms with E-state index in [1.54, 1.807) is 6.92 Å². The Bertz CT molecular complexity index is 253. The van der Waals surface area contributed by atoms with Gasteiger partial charge in [-0.25, -0.2) is 0 Å². The van der Waals surface area contributed by atoms with Crippen LogP contribution in [0.3, 0.4) is 0 Å². The average molecular weight is 257 g/mol. The molecule has 3 N–H and O–H groups in total. The molecule has 0 aromatic heterocycles. The number of ether oxygens (including phenoxy) is 1. The van der Waals surface area contributed by atoms with Gasteiger partial charge in [0, 0.05) is 0 Å². The second-order valence-corrected chi connectivity index (χ2v) is 4.42. The summed E-state index contributed by atoms with van der Waals surface area (Å²) in [5.41, 5.74) is 0. The van der Waals surface area contributed by atoms with Gasteiger partial charge in [0.15, 0.2) is 0 Å². The van der Waals surface area contributed by atoms with Crippen molar-refractivity contribution >= 4 is 13.6 Å². The number of hydroxylamine groups is 2. The first-order valence-corrected chi connectivity index (χ1v) is 6.37. The summed E-state index contributed by atoms with van der Waals surface area (Å²) in [5, 5.41) is 9.26. The molecule has 0 spiro atoms. The molecule has 0 bridgehead atoms. The van der Waals surface area contributed by atoms with Crippen molar-refractivity contribution in [3.8, 4) is 0 Å². The van der Waals surface area contributed by atoms with E-state index in [9.17, 15) is 9.36 Å². The van der Waals surface area contributed by atoms with Crippen LogP contribution in [0.2, 0.25) is 0 Å². The van der Waals surface area contributed by atoms with Crippen LogP contribution in [0.15, 0.2) is 0 Å². The van der Waals surface area contributed by atoms with Gasteiger partial charge in [-0.2, -0.15) is 5.06 Å². The van der Waals surface area contributed by atoms with E-state index in [-0.39, 0.29) is 19.8 Å². The minimum Gasteiger partial charge on any atom is -0.465 e. The smallest absolute Gasteiger partial charge is 0.341 e. The molecule has 0 aromatic carbocycles. The van der Waals surface area contributed by atoms with Gasteiger partial charge in [0.1, 0.15) is 12.8 Å². The summed E-state index contributed by atoms with van der Waals surface area (Å²) in [6.07, 6.45) is -0.730. The Balaban J connectivity index is 4.20. The van der Waals surface area contributed by atoms with E-state index >= 15 is 0 Å². The summed E-state index contributed by atoms with van der Waals surface area (Å²) >= 11 is 0. The third-order valence-electron chi connectivity index (χ3n) is 1.32. The summed E-state index contributed by atoms with van der Waals surface area (Å²) in [6, 6.07) is 0. The Hall–Kier alpha value is -0.500. The monoisotopic (exact) mass is 257 g/mol. The third-order valence-corrected chi connectivity index (χ3v) is 2.00. The molecule has 0 aliphatic rings. The zero-order valence-electron chi connectivity index (χ0n) is 8.90. The molecule has 16 heavy (non-hydrogen) atoms. The number of carbonyl (C=O) groups is 1. The molecule has 96 valence electrons. The Morgan fingerprint density at radius 3 is 2.50 bits per heavy atom. The fourth-order valence-corrected chi connectivity index (χ4v) is 1.46. The van der Waals surface area contributed by atoms with E-state index in [4.69, 9.17) is 19.7 Å². The second kappa shape index (κ2) is 7.72. The number of nitrogens with zero attached hydrogens (tertiary/aromatic N) is 1. The molecule has 0 unspecified atom stereocenters. The van der Waals surface area contributed by atoms with Crippen LogP contribution in [0.1, 0.15) is 6.92 Å². The maximum absolute atomic E-state index is 11.0. The van der Waals surface area contributed by atoms with Crippen molar-refractivity contribution in [2.75, 3.05) is 32.7 Å². The van der Waals surface area contributed by atoms with Crippen molar-refractivity contribution in [2.45, 2.75) is 6.92 Å². The van der Waals surface area contributed by atoms with Gasteiger partial charge in [0.05, 0.1) is 19.8 Å². The van der Waals surface area contributed by atoms with E-state index in [1.165, 1.54) is 0 Å². The largest absolute Gasteiger partial charge is 0.465 e. The lowest BCUT2D eigenvalue weighted by molar-refractivity contribution is -0.177. The summed E-state index contributed by atoms with van der Waals surface area (Å²) in [6.45, 7) is 0.904. The average Bonchev–Trinajstić information content (AvgIpc) is 2.12. The van der Waals surface area contributed by atoms with Crippen molar-refractivity contribution in [3.63, 3.8) is 0 Å². The SMILES string of the molecule is CCOC(=O)CN(CP(=O)(O)O)OCCO. The van der Waals surface area contributed by atoms with Crippen molar-refractivity contribution in [2.24, 2.45) is 0 Å². The van der Waals surface area contributed by atoms with Crippen molar-refractivity contribution in [3.05, 3.63) is 0 Å². The van der Waals surface area contributed by atoms with Crippen LogP contribution in [0.5, 0.6) is 0 Å². The van der Waals surface area contributed by atoms with Gasteiger partial charge in [-0.15, -0.1) is 0 Å². The van der Waals surface area contributed by atoms with E-state index in [1.807, 2.05) is 0 Å². The molecule has 9 heteroatoms. The van der Waals surface area contributed by atoms with E-state index < -0.39 is 26.4 Å². The number of esters is 1. The molecule has 0 aliphatic carbocycles. The lowest BCUT2D eigenvalue weighted by atomic mass is 10.6. The minimum absolute atomic E-state index is 0.153. The van der Waals surface area contributed by atoms with Crippen LogP contribution in [-0.4, -0.2) is 58.6 Å². The normalized spacial score (nSPS) is 11.8. The van der Waals surface area contributed by atoms with Gasteiger partial charge < -0.3 is 19.6 Å². The zero-order chi connectivity index (χ0) is 12.6. The summed E-state index contributed by atoms with van der Waals surface area (Å²) in [4.78, 5) is 33.2. The molecular formula is C7H16NO7P. The Labute approximate surface area is 92.9 Å². The van der Waals surface area contributed by atoms with Crippen LogP contribution in [0.25, 0.3) is 0 Å². The highest BCUT2D eigenvalue weighted by molar-refractivity contribution is 7.51. The number of hydrogen-bond acceptors (Lipinski definition) is 6. The Kier molecular flexibility index (Phi) is 7.48. The van der Waals surface area contributed by atoms with Gasteiger partial charge in [-0.3, -0.25) is 14.2 Å². The highest BCUT2D eigenvalue weighted by Gasteiger charge is 2.22. The molecule has 0 saturated heterocycles. The number of rotatable bonds is 8. The Morgan fingerprint density at radius 1 is 1.44 bits per heavy atom. The second-order valence-electron chi connectivity index (χ2n) is 2.81. The fourth-order valence-electron chi connectivity index (χ4n) is 0.862. The molecule has 8 nitrogen and oxygen atoms in total. The van der Waals surface area contributed by atoms with Crippen LogP contribution < -0.4 is 0 Å². The molecule has 0 amide bonds. The molecule has 0 aromatic rings. The topological polar surface area (TPSA) is 117 Å². The maximum Gasteiger partial charge on any atom is 0.341 e. The van der Waals surface area contributed by atoms with E-state index in [2.05, 4.69) is 4.74 Å². The van der Waals surface area contributed by atoms with Crippen molar-refractivity contribution in [1.29, 1.82) is 0 Å². The van der Waals surface area contributed by atoms with Crippen molar-refractivity contribution < 1.29 is 33.8 Å². The first-order valence-electron chi connectivity index (χ1n) is 4.58. The molecule has 0 fully saturated rings. The van der Waals surface area contributed by atoms with Crippen LogP contribution >= 0.6 is 7.60 Å². The molecule has 0 aliphatic heterocycles. The molecule has 0 rings (SSSR count). The van der Waals surface area contributed by atoms with Crippen LogP contribution in [-0.2, 0) is 18.9 Å². The number of carbonyl (C=O) groups excluding carboxylic acids is 1. The Morgan fingerprint density at radius 2 is 2.06 bits per heavy atom. The van der Waals surface area contributed by atoms with Crippen molar-refractivity contribution in [1.82, 2.24) is 5.06 Å². The molecule has 0 radical (unpaired) electrons. The van der Waals surface area contributed by atoms with Gasteiger partial charge in [-0.05, 0) is 6.92 Å². The molecule has 0 atom stereocenters. The standard InChI is InChI=1S/C7H16NO7P/c1-2-14-7(10)5-8(15-4-3-9)6-16(11,12)13/h9H,2-6H2,1H3,(H2,11,12,13). The predicted molar refractivity (Wildman–Crippen MR) is 53.3 cm³/mol. The van der Waals surface area contributed by atoms with Gasteiger partial charge in [0.2, 0.25) is 0 Å². The molecular weight excluding hydrogens is 241 g/mol. The first-order chi connectivity index (χ1) is 7.39. The number of hydrogen-bond donors (Lipinski definition) is 3. The van der Waals surface area contributed by atoms with E-state index in [0.29, 0.717) is 0 Å². The zero-order valence-corrected chi connectivity index (χ0v) is 9.80. The maximum atomic E-state index is 11.0. The summed E-state index contributed by atoms with van der Waals surface area (Å²) < 4.78 is 15.3. The highest BCUT2D eigenvalue weighted by Crippen LogP contribution is 2.34. The quantitative estimate of drug-likeness (QED) is 0.285. The number of aliphatic hydroxyl groups is 1. The highest BCUT2D eigenvalue weighted by atomic mass is 31.2. The van der Waals surface area contributed by atoms with Gasteiger partial charge in [0.25, 0.3) is 0 Å². The number of aliphatic hydroxyl groups excluding tert-OH is 1. The lowest BCUT2D eigenvalue weighted by Gasteiger charge is -2.20. The lowest BCUT2D eigenvalue weighted by Crippen LogP contribution is -2.33. The van der Waals surface area contributed by atoms with Crippen LogP contribution in [0, 0.1) is 0 Å². The first kappa shape index (κ1) is 15.5. The molecule has 0 heterocycles. The summed E-state index contributed by atoms with van der Waals surface area (Å²) in [5.74, 6) is -0.658. The van der Waals surface area contributed by atoms with E-state index in [0.717, 1.165) is 5.06 Å². The predicted octanol–water partition coefficient (Wildman–Crippen LogP) is -1.09. The minimum atomic E-state index is -4.33.